The molecule has 0 spiro atoms. The van der Waals surface area contributed by atoms with Crippen LogP contribution in [-0.4, -0.2) is 10.9 Å². The van der Waals surface area contributed by atoms with Gasteiger partial charge in [-0.1, -0.05) is 11.6 Å². The van der Waals surface area contributed by atoms with E-state index in [-0.39, 0.29) is 5.02 Å². The third-order valence-electron chi connectivity index (χ3n) is 2.39. The molecule has 1 amide bonds. The average molecular weight is 321 g/mol. The van der Waals surface area contributed by atoms with Crippen LogP contribution >= 0.6 is 22.9 Å². The van der Waals surface area contributed by atoms with Gasteiger partial charge in [-0.2, -0.15) is 13.2 Å². The molecule has 2 aromatic rings. The third-order valence-corrected chi connectivity index (χ3v) is 3.45. The number of anilines is 1. The molecule has 1 aromatic carbocycles. The molecule has 0 radical (unpaired) electrons. The molecule has 20 heavy (non-hydrogen) atoms. The molecule has 0 fully saturated rings. The van der Waals surface area contributed by atoms with Gasteiger partial charge in [0, 0.05) is 5.02 Å². The fraction of sp³-hybridized carbons (Fsp3) is 0.167. The molecule has 0 unspecified atom stereocenters. The van der Waals surface area contributed by atoms with Crippen LogP contribution in [0.25, 0.3) is 0 Å². The van der Waals surface area contributed by atoms with E-state index in [0.29, 0.717) is 10.0 Å². The highest BCUT2D eigenvalue weighted by Gasteiger charge is 2.35. The molecule has 8 heteroatoms. The number of alkyl halides is 3. The molecule has 0 aliphatic carbocycles. The van der Waals surface area contributed by atoms with Crippen molar-refractivity contribution in [1.29, 1.82) is 0 Å². The zero-order valence-electron chi connectivity index (χ0n) is 10.1. The molecule has 1 N–H and O–H groups in total. The number of aromatic nitrogens is 1. The summed E-state index contributed by atoms with van der Waals surface area (Å²) in [7, 11) is 0. The fourth-order valence-corrected chi connectivity index (χ4v) is 2.39. The standard InChI is InChI=1S/C12H8ClF3N2OS/c1-6-17-5-10(20-6)18-11(19)8-3-2-7(13)4-9(8)12(14,15)16/h2-5H,1H3,(H,18,19). The van der Waals surface area contributed by atoms with Crippen molar-refractivity contribution in [3.8, 4) is 0 Å². The summed E-state index contributed by atoms with van der Waals surface area (Å²) in [5.74, 6) is -0.849. The van der Waals surface area contributed by atoms with Crippen molar-refractivity contribution >= 4 is 33.8 Å². The number of carbonyl (C=O) groups is 1. The van der Waals surface area contributed by atoms with Crippen LogP contribution in [-0.2, 0) is 6.18 Å². The Bertz CT molecular complexity index is 654. The molecule has 0 atom stereocenters. The molecule has 0 aliphatic heterocycles. The number of amides is 1. The van der Waals surface area contributed by atoms with Crippen molar-refractivity contribution in [3.05, 3.63) is 45.6 Å². The van der Waals surface area contributed by atoms with E-state index >= 15 is 0 Å². The fourth-order valence-electron chi connectivity index (χ4n) is 1.55. The monoisotopic (exact) mass is 320 g/mol. The Hall–Kier alpha value is -1.60. The van der Waals surface area contributed by atoms with Crippen molar-refractivity contribution in [2.24, 2.45) is 0 Å². The predicted octanol–water partition coefficient (Wildman–Crippen LogP) is 4.38. The summed E-state index contributed by atoms with van der Waals surface area (Å²) in [5, 5.41) is 3.39. The number of hydrogen-bond acceptors (Lipinski definition) is 3. The van der Waals surface area contributed by atoms with Crippen molar-refractivity contribution in [3.63, 3.8) is 0 Å². The highest BCUT2D eigenvalue weighted by atomic mass is 35.5. The molecule has 0 bridgehead atoms. The van der Waals surface area contributed by atoms with Crippen LogP contribution < -0.4 is 5.32 Å². The van der Waals surface area contributed by atoms with Crippen LogP contribution in [0.4, 0.5) is 18.2 Å². The largest absolute Gasteiger partial charge is 0.417 e. The minimum atomic E-state index is -4.65. The lowest BCUT2D eigenvalue weighted by Crippen LogP contribution is -2.18. The Morgan fingerprint density at radius 2 is 2.10 bits per heavy atom. The van der Waals surface area contributed by atoms with Crippen LogP contribution in [0.15, 0.2) is 24.4 Å². The minimum Gasteiger partial charge on any atom is -0.312 e. The predicted molar refractivity (Wildman–Crippen MR) is 71.3 cm³/mol. The van der Waals surface area contributed by atoms with Gasteiger partial charge in [-0.15, -0.1) is 11.3 Å². The average Bonchev–Trinajstić information content (AvgIpc) is 2.73. The first kappa shape index (κ1) is 14.8. The molecule has 0 saturated heterocycles. The number of thiazole rings is 1. The van der Waals surface area contributed by atoms with E-state index in [2.05, 4.69) is 10.3 Å². The van der Waals surface area contributed by atoms with Gasteiger partial charge in [0.1, 0.15) is 5.00 Å². The van der Waals surface area contributed by atoms with Gasteiger partial charge < -0.3 is 5.32 Å². The number of aryl methyl sites for hydroxylation is 1. The Kier molecular flexibility index (Phi) is 4.01. The number of halogens is 4. The lowest BCUT2D eigenvalue weighted by molar-refractivity contribution is -0.137. The Morgan fingerprint density at radius 1 is 1.40 bits per heavy atom. The second-order valence-corrected chi connectivity index (χ2v) is 5.56. The maximum Gasteiger partial charge on any atom is 0.417 e. The van der Waals surface area contributed by atoms with Gasteiger partial charge in [-0.25, -0.2) is 4.98 Å². The van der Waals surface area contributed by atoms with Crippen molar-refractivity contribution in [2.45, 2.75) is 13.1 Å². The lowest BCUT2D eigenvalue weighted by atomic mass is 10.1. The van der Waals surface area contributed by atoms with E-state index in [0.717, 1.165) is 12.1 Å². The van der Waals surface area contributed by atoms with Gasteiger partial charge in [-0.3, -0.25) is 4.79 Å². The quantitative estimate of drug-likeness (QED) is 0.892. The van der Waals surface area contributed by atoms with Gasteiger partial charge in [0.05, 0.1) is 22.3 Å². The van der Waals surface area contributed by atoms with E-state index in [1.165, 1.54) is 23.6 Å². The summed E-state index contributed by atoms with van der Waals surface area (Å²) in [5.41, 5.74) is -1.54. The Morgan fingerprint density at radius 3 is 2.65 bits per heavy atom. The van der Waals surface area contributed by atoms with E-state index in [1.807, 2.05) is 0 Å². The molecule has 0 saturated carbocycles. The number of nitrogens with one attached hydrogen (secondary N) is 1. The van der Waals surface area contributed by atoms with Gasteiger partial charge in [0.25, 0.3) is 5.91 Å². The van der Waals surface area contributed by atoms with E-state index < -0.39 is 23.2 Å². The summed E-state index contributed by atoms with van der Waals surface area (Å²) >= 11 is 6.73. The number of carbonyl (C=O) groups excluding carboxylic acids is 1. The third kappa shape index (κ3) is 3.29. The molecule has 1 heterocycles. The zero-order chi connectivity index (χ0) is 14.9. The first-order valence-corrected chi connectivity index (χ1v) is 6.57. The van der Waals surface area contributed by atoms with Crippen LogP contribution in [0.1, 0.15) is 20.9 Å². The second-order valence-electron chi connectivity index (χ2n) is 3.89. The molecule has 0 aliphatic rings. The Labute approximate surface area is 121 Å². The minimum absolute atomic E-state index is 0.0810. The van der Waals surface area contributed by atoms with Gasteiger partial charge >= 0.3 is 6.18 Å². The van der Waals surface area contributed by atoms with Crippen molar-refractivity contribution < 1.29 is 18.0 Å². The number of nitrogens with zero attached hydrogens (tertiary/aromatic N) is 1. The Balaban J connectivity index is 2.34. The SMILES string of the molecule is Cc1ncc(NC(=O)c2ccc(Cl)cc2C(F)(F)F)s1. The van der Waals surface area contributed by atoms with Crippen LogP contribution in [0.5, 0.6) is 0 Å². The summed E-state index contributed by atoms with van der Waals surface area (Å²) in [6, 6.07) is 3.02. The van der Waals surface area contributed by atoms with Crippen LogP contribution in [0.3, 0.4) is 0 Å². The smallest absolute Gasteiger partial charge is 0.312 e. The normalized spacial score (nSPS) is 11.4. The lowest BCUT2D eigenvalue weighted by Gasteiger charge is -2.12. The first-order valence-electron chi connectivity index (χ1n) is 5.38. The number of rotatable bonds is 2. The summed E-state index contributed by atoms with van der Waals surface area (Å²) in [6.07, 6.45) is -3.26. The molecule has 2 rings (SSSR count). The molecule has 3 nitrogen and oxygen atoms in total. The van der Waals surface area contributed by atoms with Crippen molar-refractivity contribution in [1.82, 2.24) is 4.98 Å². The summed E-state index contributed by atoms with van der Waals surface area (Å²) < 4.78 is 38.6. The summed E-state index contributed by atoms with van der Waals surface area (Å²) in [4.78, 5) is 15.8. The topological polar surface area (TPSA) is 42.0 Å². The van der Waals surface area contributed by atoms with Gasteiger partial charge in [0.15, 0.2) is 0 Å². The van der Waals surface area contributed by atoms with E-state index in [9.17, 15) is 18.0 Å². The highest BCUT2D eigenvalue weighted by molar-refractivity contribution is 7.15. The number of hydrogen-bond donors (Lipinski definition) is 1. The first-order chi connectivity index (χ1) is 9.27. The molecular formula is C12H8ClF3N2OS. The van der Waals surface area contributed by atoms with E-state index in [4.69, 9.17) is 11.6 Å². The zero-order valence-corrected chi connectivity index (χ0v) is 11.7. The van der Waals surface area contributed by atoms with Gasteiger partial charge in [-0.05, 0) is 25.1 Å². The van der Waals surface area contributed by atoms with Crippen LogP contribution in [0.2, 0.25) is 5.02 Å². The van der Waals surface area contributed by atoms with Gasteiger partial charge in [0.2, 0.25) is 0 Å². The molecular weight excluding hydrogens is 313 g/mol. The maximum atomic E-state index is 12.9. The van der Waals surface area contributed by atoms with Crippen molar-refractivity contribution in [2.75, 3.05) is 5.32 Å². The summed E-state index contributed by atoms with van der Waals surface area (Å²) in [6.45, 7) is 1.73. The molecule has 1 aromatic heterocycles. The number of benzene rings is 1. The maximum absolute atomic E-state index is 12.9. The molecule has 106 valence electrons. The van der Waals surface area contributed by atoms with E-state index in [1.54, 1.807) is 6.92 Å². The van der Waals surface area contributed by atoms with Crippen LogP contribution in [0, 0.1) is 6.92 Å². The second kappa shape index (κ2) is 5.41. The highest BCUT2D eigenvalue weighted by Crippen LogP contribution is 2.34.